The number of hydrogen-bond acceptors (Lipinski definition) is 0. The first-order valence-corrected chi connectivity index (χ1v) is 10.4. The maximum absolute atomic E-state index is 4.71. The van der Waals surface area contributed by atoms with Gasteiger partial charge in [-0.15, -0.1) is 0 Å². The van der Waals surface area contributed by atoms with Gasteiger partial charge in [-0.2, -0.15) is 0 Å². The predicted molar refractivity (Wildman–Crippen MR) is 116 cm³/mol. The molecule has 0 amide bonds. The summed E-state index contributed by atoms with van der Waals surface area (Å²) < 4.78 is 0. The van der Waals surface area contributed by atoms with E-state index in [2.05, 4.69) is 53.3 Å². The largest absolute Gasteiger partial charge is 0.0955 e. The molecule has 0 aliphatic heterocycles. The third-order valence-electron chi connectivity index (χ3n) is 7.02. The lowest BCUT2D eigenvalue weighted by atomic mass is 9.63. The number of rotatable bonds is 2. The van der Waals surface area contributed by atoms with Gasteiger partial charge in [0.1, 0.15) is 0 Å². The van der Waals surface area contributed by atoms with E-state index in [1.54, 1.807) is 11.1 Å². The molecule has 0 radical (unpaired) electrons. The lowest BCUT2D eigenvalue weighted by molar-refractivity contribution is 0.382. The molecule has 0 saturated heterocycles. The molecule has 0 N–H and O–H groups in total. The van der Waals surface area contributed by atoms with Crippen LogP contribution in [-0.2, 0) is 6.42 Å². The molecular weight excluding hydrogens is 312 g/mol. The first-order chi connectivity index (χ1) is 12.2. The summed E-state index contributed by atoms with van der Waals surface area (Å²) in [7, 11) is 0. The topological polar surface area (TPSA) is 0 Å². The van der Waals surface area contributed by atoms with Crippen LogP contribution < -0.4 is 0 Å². The van der Waals surface area contributed by atoms with Gasteiger partial charge < -0.3 is 0 Å². The molecule has 0 spiro atoms. The van der Waals surface area contributed by atoms with Crippen LogP contribution in [0.2, 0.25) is 0 Å². The average molecular weight is 349 g/mol. The Bertz CT molecular complexity index is 773. The van der Waals surface area contributed by atoms with E-state index in [9.17, 15) is 0 Å². The summed E-state index contributed by atoms with van der Waals surface area (Å²) in [5.74, 6) is 0.798. The molecule has 1 aromatic carbocycles. The van der Waals surface area contributed by atoms with Gasteiger partial charge in [-0.1, -0.05) is 56.2 Å². The molecule has 2 atom stereocenters. The van der Waals surface area contributed by atoms with Gasteiger partial charge >= 0.3 is 0 Å². The minimum absolute atomic E-state index is 0.107. The molecule has 2 aliphatic rings. The van der Waals surface area contributed by atoms with Crippen LogP contribution in [0.3, 0.4) is 0 Å². The van der Waals surface area contributed by atoms with Crippen LogP contribution in [0.5, 0.6) is 0 Å². The fourth-order valence-corrected chi connectivity index (χ4v) is 5.23. The second kappa shape index (κ2) is 7.22. The highest BCUT2D eigenvalue weighted by Gasteiger charge is 2.37. The fraction of sp³-hybridized carbons (Fsp3) is 0.538. The zero-order valence-electron chi connectivity index (χ0n) is 17.6. The van der Waals surface area contributed by atoms with Crippen LogP contribution in [0.1, 0.15) is 88.5 Å². The van der Waals surface area contributed by atoms with E-state index >= 15 is 0 Å². The normalized spacial score (nSPS) is 27.0. The lowest BCUT2D eigenvalue weighted by Gasteiger charge is -2.41. The summed E-state index contributed by atoms with van der Waals surface area (Å²) in [6, 6.07) is 4.79. The monoisotopic (exact) mass is 348 g/mol. The Kier molecular flexibility index (Phi) is 5.33. The molecule has 0 saturated carbocycles. The second-order valence-corrected chi connectivity index (χ2v) is 9.23. The molecule has 2 unspecified atom stereocenters. The number of fused-ring (bicyclic) bond motifs is 1. The van der Waals surface area contributed by atoms with E-state index in [0.29, 0.717) is 0 Å². The fourth-order valence-electron chi connectivity index (χ4n) is 5.23. The van der Waals surface area contributed by atoms with Gasteiger partial charge in [-0.25, -0.2) is 0 Å². The first-order valence-electron chi connectivity index (χ1n) is 10.4. The molecule has 26 heavy (non-hydrogen) atoms. The summed E-state index contributed by atoms with van der Waals surface area (Å²) >= 11 is 0. The van der Waals surface area contributed by atoms with Gasteiger partial charge in [-0.05, 0) is 99.1 Å². The van der Waals surface area contributed by atoms with Crippen molar-refractivity contribution in [1.29, 1.82) is 0 Å². The highest BCUT2D eigenvalue weighted by molar-refractivity contribution is 5.78. The molecule has 1 aromatic rings. The minimum Gasteiger partial charge on any atom is -0.0955 e. The van der Waals surface area contributed by atoms with E-state index in [-0.39, 0.29) is 5.41 Å². The maximum atomic E-state index is 4.71. The quantitative estimate of drug-likeness (QED) is 0.476. The molecule has 140 valence electrons. The van der Waals surface area contributed by atoms with Crippen LogP contribution in [-0.4, -0.2) is 0 Å². The molecule has 2 aliphatic carbocycles. The summed E-state index contributed by atoms with van der Waals surface area (Å²) in [6.07, 6.45) is 8.84. The Hall–Kier alpha value is -1.56. The first kappa shape index (κ1) is 19.2. The smallest absolute Gasteiger partial charge is 0.0136 e. The van der Waals surface area contributed by atoms with Crippen LogP contribution in [0, 0.1) is 18.3 Å². The Morgan fingerprint density at radius 2 is 1.88 bits per heavy atom. The predicted octanol–water partition coefficient (Wildman–Crippen LogP) is 7.91. The average Bonchev–Trinajstić information content (AvgIpc) is 2.58. The number of aryl methyl sites for hydroxylation is 2. The Morgan fingerprint density at radius 3 is 2.58 bits per heavy atom. The van der Waals surface area contributed by atoms with E-state index in [1.807, 2.05) is 0 Å². The molecule has 0 heteroatoms. The van der Waals surface area contributed by atoms with Gasteiger partial charge in [-0.3, -0.25) is 0 Å². The van der Waals surface area contributed by atoms with Crippen LogP contribution >= 0.6 is 0 Å². The summed E-state index contributed by atoms with van der Waals surface area (Å²) in [6.45, 7) is 20.5. The van der Waals surface area contributed by atoms with Crippen LogP contribution in [0.25, 0.3) is 11.1 Å². The highest BCUT2D eigenvalue weighted by atomic mass is 14.4. The van der Waals surface area contributed by atoms with E-state index in [4.69, 9.17) is 6.58 Å². The van der Waals surface area contributed by atoms with Crippen LogP contribution in [0.4, 0.5) is 0 Å². The lowest BCUT2D eigenvalue weighted by Crippen LogP contribution is -2.27. The van der Waals surface area contributed by atoms with Crippen LogP contribution in [0.15, 0.2) is 36.4 Å². The van der Waals surface area contributed by atoms with Crippen molar-refractivity contribution in [2.75, 3.05) is 0 Å². The van der Waals surface area contributed by atoms with Crippen molar-refractivity contribution in [3.05, 3.63) is 58.7 Å². The molecule has 0 fully saturated rings. The van der Waals surface area contributed by atoms with Gasteiger partial charge in [0.15, 0.2) is 0 Å². The van der Waals surface area contributed by atoms with Gasteiger partial charge in [0.25, 0.3) is 0 Å². The van der Waals surface area contributed by atoms with Crippen molar-refractivity contribution < 1.29 is 0 Å². The standard InChI is InChI=1S/C26H36/c1-17(2)23-16-24-21(6)26(7,25-14-18(3)11-12-19(25)4)13-9-8-10-22(24)15-20(23)5/h15-16,18H,1,6,8-14H2,2-5,7H3. The van der Waals surface area contributed by atoms with Crippen molar-refractivity contribution in [3.63, 3.8) is 0 Å². The van der Waals surface area contributed by atoms with Crippen molar-refractivity contribution in [3.8, 4) is 0 Å². The van der Waals surface area contributed by atoms with Gasteiger partial charge in [0.05, 0.1) is 0 Å². The Labute approximate surface area is 161 Å². The SMILES string of the molecule is C=C(C)c1cc2c(cc1C)CCCCC(C)(C1=C(C)CCC(C)C1)C2=C. The Morgan fingerprint density at radius 1 is 1.15 bits per heavy atom. The van der Waals surface area contributed by atoms with Crippen molar-refractivity contribution in [2.45, 2.75) is 79.6 Å². The van der Waals surface area contributed by atoms with Gasteiger partial charge in [0.2, 0.25) is 0 Å². The summed E-state index contributed by atoms with van der Waals surface area (Å²) in [5, 5.41) is 0. The molecule has 0 bridgehead atoms. The zero-order chi connectivity index (χ0) is 19.1. The number of hydrogen-bond donors (Lipinski definition) is 0. The third kappa shape index (κ3) is 3.36. The van der Waals surface area contributed by atoms with Crippen molar-refractivity contribution in [2.24, 2.45) is 11.3 Å². The van der Waals surface area contributed by atoms with E-state index in [1.165, 1.54) is 72.8 Å². The minimum atomic E-state index is 0.107. The van der Waals surface area contributed by atoms with Crippen molar-refractivity contribution in [1.82, 2.24) is 0 Å². The zero-order valence-corrected chi connectivity index (χ0v) is 17.6. The summed E-state index contributed by atoms with van der Waals surface area (Å²) in [4.78, 5) is 0. The molecule has 0 aromatic heterocycles. The second-order valence-electron chi connectivity index (χ2n) is 9.23. The van der Waals surface area contributed by atoms with E-state index in [0.717, 1.165) is 11.5 Å². The maximum Gasteiger partial charge on any atom is 0.0136 e. The third-order valence-corrected chi connectivity index (χ3v) is 7.02. The number of allylic oxidation sites excluding steroid dienone is 4. The van der Waals surface area contributed by atoms with Crippen molar-refractivity contribution >= 4 is 11.1 Å². The Balaban J connectivity index is 2.15. The van der Waals surface area contributed by atoms with Gasteiger partial charge in [0, 0.05) is 5.41 Å². The molecular formula is C26H36. The molecule has 3 rings (SSSR count). The highest BCUT2D eigenvalue weighted by Crippen LogP contribution is 2.52. The molecule has 0 nitrogen and oxygen atoms in total. The number of benzene rings is 1. The summed E-state index contributed by atoms with van der Waals surface area (Å²) in [5.41, 5.74) is 11.5. The molecule has 0 heterocycles. The van der Waals surface area contributed by atoms with E-state index < -0.39 is 0 Å².